The molecule has 0 radical (unpaired) electrons. The molecule has 1 aliphatic carbocycles. The summed E-state index contributed by atoms with van der Waals surface area (Å²) in [4.78, 5) is 4.30. The van der Waals surface area contributed by atoms with E-state index >= 15 is 0 Å². The largest absolute Gasteiger partial charge is 0.382 e. The molecule has 3 nitrogen and oxygen atoms in total. The molecule has 1 heterocycles. The lowest BCUT2D eigenvalue weighted by molar-refractivity contribution is 0.0682. The first-order chi connectivity index (χ1) is 8.85. The van der Waals surface area contributed by atoms with E-state index in [0.29, 0.717) is 12.1 Å². The minimum atomic E-state index is 0.465. The first-order valence-electron chi connectivity index (χ1n) is 6.48. The van der Waals surface area contributed by atoms with Crippen molar-refractivity contribution in [2.24, 2.45) is 0 Å². The number of rotatable bonds is 3. The number of thiazole rings is 1. The van der Waals surface area contributed by atoms with E-state index in [9.17, 15) is 0 Å². The predicted octanol–water partition coefficient (Wildman–Crippen LogP) is 3.67. The van der Waals surface area contributed by atoms with Crippen molar-refractivity contribution in [2.75, 3.05) is 12.4 Å². The number of hydrogen-bond acceptors (Lipinski definition) is 4. The second-order valence-electron chi connectivity index (χ2n) is 4.89. The van der Waals surface area contributed by atoms with Crippen LogP contribution in [0, 0.1) is 0 Å². The molecule has 2 aromatic rings. The van der Waals surface area contributed by atoms with Crippen molar-refractivity contribution < 1.29 is 4.74 Å². The molecule has 0 spiro atoms. The number of fused-ring (bicyclic) bond motifs is 1. The van der Waals surface area contributed by atoms with E-state index in [1.807, 2.05) is 12.6 Å². The van der Waals surface area contributed by atoms with Crippen LogP contribution in [0.15, 0.2) is 23.7 Å². The smallest absolute Gasteiger partial charge is 0.0813 e. The normalized spacial score (nSPS) is 24.3. The van der Waals surface area contributed by atoms with Crippen LogP contribution in [0.25, 0.3) is 10.2 Å². The van der Waals surface area contributed by atoms with Crippen molar-refractivity contribution in [1.29, 1.82) is 0 Å². The number of methoxy groups -OCH3 is 1. The van der Waals surface area contributed by atoms with Gasteiger partial charge >= 0.3 is 0 Å². The van der Waals surface area contributed by atoms with Gasteiger partial charge < -0.3 is 10.1 Å². The maximum atomic E-state index is 5.40. The Morgan fingerprint density at radius 3 is 2.89 bits per heavy atom. The Kier molecular flexibility index (Phi) is 3.48. The van der Waals surface area contributed by atoms with Crippen LogP contribution in [0.1, 0.15) is 25.7 Å². The number of anilines is 1. The minimum absolute atomic E-state index is 0.465. The zero-order valence-electron chi connectivity index (χ0n) is 10.6. The lowest BCUT2D eigenvalue weighted by atomic mass is 9.93. The summed E-state index contributed by atoms with van der Waals surface area (Å²) in [5.41, 5.74) is 4.21. The molecule has 0 atom stereocenters. The molecule has 18 heavy (non-hydrogen) atoms. The van der Waals surface area contributed by atoms with E-state index in [-0.39, 0.29) is 0 Å². The average Bonchev–Trinajstić information content (AvgIpc) is 2.87. The monoisotopic (exact) mass is 262 g/mol. The Hall–Kier alpha value is -1.13. The zero-order valence-corrected chi connectivity index (χ0v) is 11.4. The van der Waals surface area contributed by atoms with Gasteiger partial charge in [-0.25, -0.2) is 4.98 Å². The summed E-state index contributed by atoms with van der Waals surface area (Å²) in [6, 6.07) is 7.01. The molecule has 4 heteroatoms. The summed E-state index contributed by atoms with van der Waals surface area (Å²) in [7, 11) is 1.82. The second kappa shape index (κ2) is 5.24. The summed E-state index contributed by atoms with van der Waals surface area (Å²) in [5.74, 6) is 0. The molecule has 96 valence electrons. The van der Waals surface area contributed by atoms with Gasteiger partial charge in [0.1, 0.15) is 0 Å². The predicted molar refractivity (Wildman–Crippen MR) is 76.3 cm³/mol. The van der Waals surface area contributed by atoms with Crippen LogP contribution in [0.5, 0.6) is 0 Å². The van der Waals surface area contributed by atoms with Crippen molar-refractivity contribution in [3.8, 4) is 0 Å². The van der Waals surface area contributed by atoms with Gasteiger partial charge in [0.05, 0.1) is 21.8 Å². The van der Waals surface area contributed by atoms with Crippen molar-refractivity contribution in [2.45, 2.75) is 37.8 Å². The summed E-state index contributed by atoms with van der Waals surface area (Å²) >= 11 is 1.70. The zero-order chi connectivity index (χ0) is 12.4. The Morgan fingerprint density at radius 2 is 2.11 bits per heavy atom. The van der Waals surface area contributed by atoms with Crippen molar-refractivity contribution in [3.05, 3.63) is 23.7 Å². The quantitative estimate of drug-likeness (QED) is 0.916. The molecule has 0 amide bonds. The molecular weight excluding hydrogens is 244 g/mol. The molecule has 1 aromatic heterocycles. The van der Waals surface area contributed by atoms with E-state index in [1.165, 1.54) is 23.2 Å². The summed E-state index contributed by atoms with van der Waals surface area (Å²) in [6.45, 7) is 0. The Bertz CT molecular complexity index is 517. The molecule has 0 bridgehead atoms. The highest BCUT2D eigenvalue weighted by Crippen LogP contribution is 2.26. The van der Waals surface area contributed by atoms with Gasteiger partial charge in [0.15, 0.2) is 0 Å². The highest BCUT2D eigenvalue weighted by atomic mass is 32.1. The highest BCUT2D eigenvalue weighted by molar-refractivity contribution is 7.16. The first-order valence-corrected chi connectivity index (χ1v) is 7.35. The summed E-state index contributed by atoms with van der Waals surface area (Å²) in [6.07, 6.45) is 5.18. The Balaban J connectivity index is 1.65. The van der Waals surface area contributed by atoms with Gasteiger partial charge in [-0.15, -0.1) is 11.3 Å². The second-order valence-corrected chi connectivity index (χ2v) is 5.77. The molecule has 1 saturated carbocycles. The molecular formula is C14H18N2OS. The van der Waals surface area contributed by atoms with Crippen LogP contribution in [0.3, 0.4) is 0 Å². The van der Waals surface area contributed by atoms with E-state index in [2.05, 4.69) is 28.5 Å². The topological polar surface area (TPSA) is 34.1 Å². The van der Waals surface area contributed by atoms with Crippen LogP contribution >= 0.6 is 11.3 Å². The Labute approximate surface area is 111 Å². The van der Waals surface area contributed by atoms with Crippen LogP contribution in [0.2, 0.25) is 0 Å². The van der Waals surface area contributed by atoms with Crippen molar-refractivity contribution in [1.82, 2.24) is 4.98 Å². The number of nitrogens with one attached hydrogen (secondary N) is 1. The fourth-order valence-corrected chi connectivity index (χ4v) is 3.34. The van der Waals surface area contributed by atoms with E-state index in [0.717, 1.165) is 18.4 Å². The van der Waals surface area contributed by atoms with Gasteiger partial charge in [-0.2, -0.15) is 0 Å². The van der Waals surface area contributed by atoms with Gasteiger partial charge in [0.2, 0.25) is 0 Å². The third-order valence-corrected chi connectivity index (χ3v) is 4.50. The lowest BCUT2D eigenvalue weighted by Gasteiger charge is -2.28. The van der Waals surface area contributed by atoms with Gasteiger partial charge in [0.25, 0.3) is 0 Å². The molecule has 0 unspecified atom stereocenters. The van der Waals surface area contributed by atoms with Gasteiger partial charge in [-0.05, 0) is 43.9 Å². The molecule has 1 aromatic carbocycles. The first kappa shape index (κ1) is 11.9. The SMILES string of the molecule is COC1CCC(Nc2ccc3ncsc3c2)CC1. The number of nitrogens with zero attached hydrogens (tertiary/aromatic N) is 1. The van der Waals surface area contributed by atoms with Gasteiger partial charge in [-0.1, -0.05) is 0 Å². The standard InChI is InChI=1S/C14H18N2OS/c1-17-12-5-2-10(3-6-12)16-11-4-7-13-14(8-11)18-9-15-13/h4,7-10,12,16H,2-3,5-6H2,1H3. The maximum absolute atomic E-state index is 5.40. The molecule has 1 aliphatic rings. The van der Waals surface area contributed by atoms with Crippen LogP contribution in [-0.4, -0.2) is 24.2 Å². The van der Waals surface area contributed by atoms with Gasteiger partial charge in [0, 0.05) is 18.8 Å². The van der Waals surface area contributed by atoms with Crippen molar-refractivity contribution >= 4 is 27.2 Å². The Morgan fingerprint density at radius 1 is 1.28 bits per heavy atom. The fraction of sp³-hybridized carbons (Fsp3) is 0.500. The maximum Gasteiger partial charge on any atom is 0.0813 e. The third kappa shape index (κ3) is 2.49. The van der Waals surface area contributed by atoms with Crippen LogP contribution in [-0.2, 0) is 4.74 Å². The van der Waals surface area contributed by atoms with Gasteiger partial charge in [-0.3, -0.25) is 0 Å². The number of aromatic nitrogens is 1. The number of hydrogen-bond donors (Lipinski definition) is 1. The minimum Gasteiger partial charge on any atom is -0.382 e. The van der Waals surface area contributed by atoms with E-state index in [4.69, 9.17) is 4.74 Å². The van der Waals surface area contributed by atoms with Crippen LogP contribution < -0.4 is 5.32 Å². The molecule has 0 aliphatic heterocycles. The van der Waals surface area contributed by atoms with Crippen molar-refractivity contribution in [3.63, 3.8) is 0 Å². The summed E-state index contributed by atoms with van der Waals surface area (Å²) in [5, 5.41) is 3.63. The van der Waals surface area contributed by atoms with E-state index in [1.54, 1.807) is 11.3 Å². The third-order valence-electron chi connectivity index (χ3n) is 3.71. The lowest BCUT2D eigenvalue weighted by Crippen LogP contribution is -2.29. The average molecular weight is 262 g/mol. The van der Waals surface area contributed by atoms with Crippen LogP contribution in [0.4, 0.5) is 5.69 Å². The number of benzene rings is 1. The molecule has 1 fully saturated rings. The number of ether oxygens (including phenoxy) is 1. The molecule has 0 saturated heterocycles. The fourth-order valence-electron chi connectivity index (χ4n) is 2.62. The highest BCUT2D eigenvalue weighted by Gasteiger charge is 2.20. The van der Waals surface area contributed by atoms with E-state index < -0.39 is 0 Å². The molecule has 3 rings (SSSR count). The molecule has 1 N–H and O–H groups in total. The summed E-state index contributed by atoms with van der Waals surface area (Å²) < 4.78 is 6.66.